The Labute approximate surface area is 181 Å². The van der Waals surface area contributed by atoms with Gasteiger partial charge in [0.2, 0.25) is 5.91 Å². The number of likely N-dealkylation sites (N-methyl/N-ethyl adjacent to an activating group) is 1. The number of carbonyl (C=O) groups is 1. The summed E-state index contributed by atoms with van der Waals surface area (Å²) in [6.07, 6.45) is 3.99. The molecule has 0 spiro atoms. The maximum absolute atomic E-state index is 12.9. The molecular weight excluding hydrogens is 410 g/mol. The second-order valence-electron chi connectivity index (χ2n) is 8.17. The van der Waals surface area contributed by atoms with Crippen LogP contribution in [0.2, 0.25) is 0 Å². The van der Waals surface area contributed by atoms with Crippen LogP contribution in [0.1, 0.15) is 52.0 Å². The summed E-state index contributed by atoms with van der Waals surface area (Å²) in [7, 11) is -1.44. The Morgan fingerprint density at radius 1 is 1.36 bits per heavy atom. The van der Waals surface area contributed by atoms with E-state index in [0.29, 0.717) is 19.0 Å². The van der Waals surface area contributed by atoms with Crippen LogP contribution in [0, 0.1) is 0 Å². The summed E-state index contributed by atoms with van der Waals surface area (Å²) in [4.78, 5) is 17.2. The third-order valence-electron chi connectivity index (χ3n) is 6.12. The van der Waals surface area contributed by atoms with Gasteiger partial charge in [0, 0.05) is 30.2 Å². The number of thiol groups is 1. The monoisotopic (exact) mass is 441 g/mol. The van der Waals surface area contributed by atoms with Gasteiger partial charge in [-0.25, -0.2) is 0 Å². The molecule has 5 nitrogen and oxygen atoms in total. The topological polar surface area (TPSA) is 47.0 Å². The summed E-state index contributed by atoms with van der Waals surface area (Å²) < 4.78 is 10.9. The maximum Gasteiger partial charge on any atom is 0.246 e. The maximum atomic E-state index is 12.9. The van der Waals surface area contributed by atoms with Gasteiger partial charge in [-0.15, -0.1) is 0 Å². The molecule has 0 radical (unpaired) electrons. The summed E-state index contributed by atoms with van der Waals surface area (Å²) in [6.45, 7) is 9.59. The van der Waals surface area contributed by atoms with Gasteiger partial charge in [-0.1, -0.05) is 31.9 Å². The summed E-state index contributed by atoms with van der Waals surface area (Å²) >= 11 is 9.12. The predicted molar refractivity (Wildman–Crippen MR) is 123 cm³/mol. The van der Waals surface area contributed by atoms with Crippen LogP contribution in [0.15, 0.2) is 24.3 Å². The summed E-state index contributed by atoms with van der Waals surface area (Å²) in [5.41, 5.74) is 2.55. The Morgan fingerprint density at radius 2 is 2.00 bits per heavy atom. The van der Waals surface area contributed by atoms with Crippen molar-refractivity contribution in [3.63, 3.8) is 0 Å². The van der Waals surface area contributed by atoms with Crippen molar-refractivity contribution >= 4 is 45.5 Å². The van der Waals surface area contributed by atoms with Crippen molar-refractivity contribution in [3.05, 3.63) is 29.8 Å². The molecule has 2 aliphatic rings. The molecule has 8 heteroatoms. The molecule has 156 valence electrons. The molecule has 2 fully saturated rings. The van der Waals surface area contributed by atoms with E-state index in [1.54, 1.807) is 4.90 Å². The number of carbonyl (C=O) groups excluding carboxylic acids is 1. The molecule has 1 aliphatic heterocycles. The Hall–Kier alpha value is -0.510. The van der Waals surface area contributed by atoms with Gasteiger partial charge >= 0.3 is 0 Å². The molecule has 1 aliphatic carbocycles. The van der Waals surface area contributed by atoms with E-state index in [-0.39, 0.29) is 11.3 Å². The second kappa shape index (κ2) is 9.10. The second-order valence-corrected chi connectivity index (χ2v) is 10.6. The van der Waals surface area contributed by atoms with Crippen molar-refractivity contribution in [2.45, 2.75) is 64.0 Å². The van der Waals surface area contributed by atoms with Crippen LogP contribution in [-0.4, -0.2) is 50.8 Å². The molecule has 3 rings (SSSR count). The zero-order chi connectivity index (χ0) is 20.5. The third kappa shape index (κ3) is 4.63. The van der Waals surface area contributed by atoms with Crippen LogP contribution < -0.4 is 4.90 Å². The minimum atomic E-state index is -1.44. The number of rotatable bonds is 8. The van der Waals surface area contributed by atoms with E-state index < -0.39 is 16.0 Å². The van der Waals surface area contributed by atoms with Gasteiger partial charge in [-0.3, -0.25) is 4.79 Å². The summed E-state index contributed by atoms with van der Waals surface area (Å²) in [5.74, 6) is -0.0384. The van der Waals surface area contributed by atoms with E-state index in [2.05, 4.69) is 62.8 Å². The minimum Gasteiger partial charge on any atom is -0.315 e. The fourth-order valence-electron chi connectivity index (χ4n) is 4.16. The molecule has 1 N–H and O–H groups in total. The summed E-state index contributed by atoms with van der Waals surface area (Å²) in [6, 6.07) is 8.59. The number of hydrogen-bond acceptors (Lipinski definition) is 4. The third-order valence-corrected chi connectivity index (χ3v) is 8.25. The van der Waals surface area contributed by atoms with Crippen LogP contribution in [0.25, 0.3) is 0 Å². The van der Waals surface area contributed by atoms with Crippen molar-refractivity contribution in [1.29, 1.82) is 0 Å². The van der Waals surface area contributed by atoms with Crippen molar-refractivity contribution in [2.24, 2.45) is 0 Å². The van der Waals surface area contributed by atoms with E-state index in [4.69, 9.17) is 11.2 Å². The lowest BCUT2D eigenvalue weighted by molar-refractivity contribution is -0.122. The highest BCUT2D eigenvalue weighted by molar-refractivity contribution is 8.27. The highest BCUT2D eigenvalue weighted by atomic mass is 32.8. The first kappa shape index (κ1) is 22.2. The molecule has 1 saturated heterocycles. The lowest BCUT2D eigenvalue weighted by Gasteiger charge is -2.35. The average molecular weight is 442 g/mol. The summed E-state index contributed by atoms with van der Waals surface area (Å²) in [5, 5.41) is 0. The Morgan fingerprint density at radius 3 is 2.50 bits per heavy atom. The molecule has 28 heavy (non-hydrogen) atoms. The van der Waals surface area contributed by atoms with Gasteiger partial charge in [0.25, 0.3) is 0 Å². The van der Waals surface area contributed by atoms with Crippen LogP contribution in [-0.2, 0) is 31.3 Å². The molecule has 2 atom stereocenters. The molecule has 2 unspecified atom stereocenters. The first-order chi connectivity index (χ1) is 13.3. The number of nitrogens with zero attached hydrogens (tertiary/aromatic N) is 3. The van der Waals surface area contributed by atoms with E-state index in [1.807, 2.05) is 0 Å². The van der Waals surface area contributed by atoms with Gasteiger partial charge in [0.15, 0.2) is 0 Å². The first-order valence-electron chi connectivity index (χ1n) is 10.0. The molecule has 1 amide bonds. The number of benzene rings is 1. The quantitative estimate of drug-likeness (QED) is 0.604. The molecule has 0 aromatic heterocycles. The van der Waals surface area contributed by atoms with E-state index in [1.165, 1.54) is 22.1 Å². The number of anilines is 1. The van der Waals surface area contributed by atoms with E-state index in [0.717, 1.165) is 25.2 Å². The number of piperidine rings is 1. The van der Waals surface area contributed by atoms with E-state index >= 15 is 0 Å². The van der Waals surface area contributed by atoms with Crippen molar-refractivity contribution < 1.29 is 9.35 Å². The molecule has 1 saturated carbocycles. The van der Waals surface area contributed by atoms with Crippen molar-refractivity contribution in [1.82, 2.24) is 8.61 Å². The number of amides is 1. The van der Waals surface area contributed by atoms with Crippen molar-refractivity contribution in [2.75, 3.05) is 24.5 Å². The lowest BCUT2D eigenvalue weighted by Crippen LogP contribution is -2.50. The van der Waals surface area contributed by atoms with Gasteiger partial charge < -0.3 is 14.4 Å². The molecule has 1 aromatic rings. The first-order valence-corrected chi connectivity index (χ1v) is 12.5. The van der Waals surface area contributed by atoms with Crippen LogP contribution >= 0.6 is 12.8 Å². The normalized spacial score (nSPS) is 22.9. The standard InChI is InChI=1S/C20H31N3O2S3/c1-4-21(15(2)3)14-20(11-12-20)16-7-9-17(10-8-16)22-13-5-6-18(19(22)24)23(26)28(25)27/h7-10,15,18,26H,4-6,11-14H2,1-3H3,(H,25,27). The minimum absolute atomic E-state index is 0.0384. The largest absolute Gasteiger partial charge is 0.315 e. The lowest BCUT2D eigenvalue weighted by atomic mass is 9.94. The highest BCUT2D eigenvalue weighted by Crippen LogP contribution is 2.49. The van der Waals surface area contributed by atoms with Crippen LogP contribution in [0.3, 0.4) is 0 Å². The molecular formula is C20H31N3O2S3. The van der Waals surface area contributed by atoms with E-state index in [9.17, 15) is 9.35 Å². The van der Waals surface area contributed by atoms with Crippen LogP contribution in [0.5, 0.6) is 0 Å². The fourth-order valence-corrected chi connectivity index (χ4v) is 5.10. The van der Waals surface area contributed by atoms with Gasteiger partial charge in [0.05, 0.1) is 9.92 Å². The van der Waals surface area contributed by atoms with Crippen LogP contribution in [0.4, 0.5) is 5.69 Å². The Balaban J connectivity index is 1.74. The predicted octanol–water partition coefficient (Wildman–Crippen LogP) is 3.56. The zero-order valence-corrected chi connectivity index (χ0v) is 19.4. The molecule has 0 bridgehead atoms. The smallest absolute Gasteiger partial charge is 0.246 e. The molecule has 1 aromatic carbocycles. The zero-order valence-electron chi connectivity index (χ0n) is 16.9. The average Bonchev–Trinajstić information content (AvgIpc) is 3.46. The Bertz CT molecular complexity index is 722. The fraction of sp³-hybridized carbons (Fsp3) is 0.650. The molecule has 1 heterocycles. The Kier molecular flexibility index (Phi) is 7.21. The van der Waals surface area contributed by atoms with Gasteiger partial charge in [-0.05, 0) is 75.0 Å². The SMILES string of the molecule is CCN(CC1(c2ccc(N3CCCC(N(S)S(O)=S)C3=O)cc2)CC1)C(C)C. The highest BCUT2D eigenvalue weighted by Gasteiger charge is 2.45. The van der Waals surface area contributed by atoms with Gasteiger partial charge in [-0.2, -0.15) is 3.71 Å². The number of hydrogen-bond donors (Lipinski definition) is 2. The van der Waals surface area contributed by atoms with Crippen molar-refractivity contribution in [3.8, 4) is 0 Å². The van der Waals surface area contributed by atoms with Gasteiger partial charge in [0.1, 0.15) is 6.04 Å².